The van der Waals surface area contributed by atoms with Crippen LogP contribution in [0.15, 0.2) is 46.8 Å². The third-order valence-corrected chi connectivity index (χ3v) is 5.20. The second kappa shape index (κ2) is 11.1. The number of rotatable bonds is 7. The SMILES string of the molecule is COC(=O)C1=C(C(=O)OC)N(Cc2ccc(C)cc2)C(C(=O)OC)C(C(=O)OC)=C1NC(C)(C)C. The van der Waals surface area contributed by atoms with Gasteiger partial charge in [-0.05, 0) is 33.3 Å². The van der Waals surface area contributed by atoms with Crippen LogP contribution >= 0.6 is 0 Å². The van der Waals surface area contributed by atoms with Crippen molar-refractivity contribution in [2.24, 2.45) is 0 Å². The predicted molar refractivity (Wildman–Crippen MR) is 126 cm³/mol. The normalized spacial score (nSPS) is 16.0. The van der Waals surface area contributed by atoms with Crippen molar-refractivity contribution in [1.82, 2.24) is 10.2 Å². The number of hydrogen-bond donors (Lipinski definition) is 1. The van der Waals surface area contributed by atoms with Crippen LogP contribution in [-0.4, -0.2) is 68.8 Å². The molecule has 1 atom stereocenters. The van der Waals surface area contributed by atoms with Gasteiger partial charge in [-0.3, -0.25) is 0 Å². The van der Waals surface area contributed by atoms with Gasteiger partial charge >= 0.3 is 23.9 Å². The second-order valence-electron chi connectivity index (χ2n) is 8.90. The van der Waals surface area contributed by atoms with Crippen LogP contribution in [0.3, 0.4) is 0 Å². The Morgan fingerprint density at radius 1 is 0.857 bits per heavy atom. The lowest BCUT2D eigenvalue weighted by Crippen LogP contribution is -2.53. The summed E-state index contributed by atoms with van der Waals surface area (Å²) in [7, 11) is 4.61. The smallest absolute Gasteiger partial charge is 0.355 e. The lowest BCUT2D eigenvalue weighted by atomic mass is 9.89. The molecule has 10 nitrogen and oxygen atoms in total. The summed E-state index contributed by atoms with van der Waals surface area (Å²) in [5.74, 6) is -3.53. The van der Waals surface area contributed by atoms with E-state index in [-0.39, 0.29) is 29.1 Å². The Kier molecular flexibility index (Phi) is 8.67. The quantitative estimate of drug-likeness (QED) is 0.449. The zero-order valence-corrected chi connectivity index (χ0v) is 21.3. The largest absolute Gasteiger partial charge is 0.467 e. The van der Waals surface area contributed by atoms with Crippen LogP contribution in [0.4, 0.5) is 0 Å². The maximum Gasteiger partial charge on any atom is 0.355 e. The van der Waals surface area contributed by atoms with Crippen molar-refractivity contribution in [1.29, 1.82) is 0 Å². The van der Waals surface area contributed by atoms with Crippen molar-refractivity contribution in [3.8, 4) is 0 Å². The second-order valence-corrected chi connectivity index (χ2v) is 8.90. The number of carbonyl (C=O) groups is 4. The summed E-state index contributed by atoms with van der Waals surface area (Å²) in [4.78, 5) is 53.7. The summed E-state index contributed by atoms with van der Waals surface area (Å²) in [5, 5.41) is 3.08. The Morgan fingerprint density at radius 3 is 1.86 bits per heavy atom. The molecule has 1 heterocycles. The van der Waals surface area contributed by atoms with E-state index in [1.165, 1.54) is 4.90 Å². The van der Waals surface area contributed by atoms with Gasteiger partial charge in [0, 0.05) is 12.1 Å². The van der Waals surface area contributed by atoms with Crippen LogP contribution in [-0.2, 0) is 44.7 Å². The van der Waals surface area contributed by atoms with Gasteiger partial charge in [-0.25, -0.2) is 19.2 Å². The number of nitrogens with one attached hydrogen (secondary N) is 1. The highest BCUT2D eigenvalue weighted by Crippen LogP contribution is 2.36. The van der Waals surface area contributed by atoms with Crippen molar-refractivity contribution < 1.29 is 38.1 Å². The fourth-order valence-electron chi connectivity index (χ4n) is 3.68. The number of esters is 4. The molecule has 0 saturated carbocycles. The predicted octanol–water partition coefficient (Wildman–Crippen LogP) is 1.77. The van der Waals surface area contributed by atoms with Gasteiger partial charge in [0.2, 0.25) is 0 Å². The molecule has 0 aromatic heterocycles. The first kappa shape index (κ1) is 27.4. The minimum atomic E-state index is -1.43. The van der Waals surface area contributed by atoms with Gasteiger partial charge in [0.15, 0.2) is 6.04 Å². The highest BCUT2D eigenvalue weighted by atomic mass is 16.5. The molecule has 1 aliphatic rings. The van der Waals surface area contributed by atoms with Crippen molar-refractivity contribution in [2.75, 3.05) is 28.4 Å². The number of carbonyl (C=O) groups excluding carboxylic acids is 4. The fraction of sp³-hybridized carbons (Fsp3) is 0.440. The van der Waals surface area contributed by atoms with E-state index in [9.17, 15) is 19.2 Å². The average molecular weight is 489 g/mol. The molecule has 0 bridgehead atoms. The van der Waals surface area contributed by atoms with Crippen LogP contribution < -0.4 is 5.32 Å². The van der Waals surface area contributed by atoms with Crippen LogP contribution in [0, 0.1) is 6.92 Å². The molecule has 190 valence electrons. The highest BCUT2D eigenvalue weighted by molar-refractivity contribution is 6.09. The number of aryl methyl sites for hydroxylation is 1. The van der Waals surface area contributed by atoms with Crippen molar-refractivity contribution >= 4 is 23.9 Å². The number of ether oxygens (including phenoxy) is 4. The fourth-order valence-corrected chi connectivity index (χ4v) is 3.68. The number of benzene rings is 1. The zero-order valence-electron chi connectivity index (χ0n) is 21.3. The summed E-state index contributed by atoms with van der Waals surface area (Å²) in [6.45, 7) is 7.24. The molecule has 1 aromatic carbocycles. The molecule has 0 amide bonds. The number of nitrogens with zero attached hydrogens (tertiary/aromatic N) is 1. The first-order valence-electron chi connectivity index (χ1n) is 10.8. The van der Waals surface area contributed by atoms with Gasteiger partial charge in [0.05, 0.1) is 39.7 Å². The van der Waals surface area contributed by atoms with Gasteiger partial charge in [-0.1, -0.05) is 29.8 Å². The van der Waals surface area contributed by atoms with E-state index >= 15 is 0 Å². The highest BCUT2D eigenvalue weighted by Gasteiger charge is 2.48. The Labute approximate surface area is 204 Å². The first-order chi connectivity index (χ1) is 16.4. The molecule has 0 aliphatic carbocycles. The van der Waals surface area contributed by atoms with Crippen LogP contribution in [0.25, 0.3) is 0 Å². The molecule has 0 radical (unpaired) electrons. The molecule has 10 heteroatoms. The van der Waals surface area contributed by atoms with Gasteiger partial charge in [-0.2, -0.15) is 0 Å². The van der Waals surface area contributed by atoms with Crippen LogP contribution in [0.1, 0.15) is 31.9 Å². The summed E-state index contributed by atoms with van der Waals surface area (Å²) in [6.07, 6.45) is 0. The van der Waals surface area contributed by atoms with E-state index in [1.54, 1.807) is 32.9 Å². The van der Waals surface area contributed by atoms with Gasteiger partial charge in [0.1, 0.15) is 11.3 Å². The first-order valence-corrected chi connectivity index (χ1v) is 10.8. The third-order valence-electron chi connectivity index (χ3n) is 5.20. The minimum Gasteiger partial charge on any atom is -0.467 e. The summed E-state index contributed by atoms with van der Waals surface area (Å²) < 4.78 is 20.0. The van der Waals surface area contributed by atoms with E-state index in [4.69, 9.17) is 18.9 Å². The Balaban J connectivity index is 3.01. The Bertz CT molecular complexity index is 1060. The van der Waals surface area contributed by atoms with Gasteiger partial charge in [-0.15, -0.1) is 0 Å². The summed E-state index contributed by atoms with van der Waals surface area (Å²) >= 11 is 0. The van der Waals surface area contributed by atoms with Crippen LogP contribution in [0.2, 0.25) is 0 Å². The number of methoxy groups -OCH3 is 4. The molecular weight excluding hydrogens is 456 g/mol. The standard InChI is InChI=1S/C25H32N2O8/c1-14-9-11-15(12-10-14)13-27-19(23(30)34-7)16(21(28)32-5)18(26-25(2,3)4)17(22(29)33-6)20(27)24(31)35-8/h9-12,19,26H,13H2,1-8H3. The molecule has 1 aromatic rings. The molecule has 1 aliphatic heterocycles. The summed E-state index contributed by atoms with van der Waals surface area (Å²) in [6, 6.07) is 5.90. The molecule has 35 heavy (non-hydrogen) atoms. The molecule has 0 saturated heterocycles. The molecule has 2 rings (SSSR count). The lowest BCUT2D eigenvalue weighted by molar-refractivity contribution is -0.150. The van der Waals surface area contributed by atoms with Gasteiger partial charge < -0.3 is 29.2 Å². The van der Waals surface area contributed by atoms with Crippen molar-refractivity contribution in [2.45, 2.75) is 45.8 Å². The average Bonchev–Trinajstić information content (AvgIpc) is 2.82. The molecule has 0 spiro atoms. The molecule has 1 N–H and O–H groups in total. The zero-order chi connectivity index (χ0) is 26.5. The third kappa shape index (κ3) is 6.00. The lowest BCUT2D eigenvalue weighted by Gasteiger charge is -2.40. The maximum absolute atomic E-state index is 13.1. The molecule has 0 fully saturated rings. The maximum atomic E-state index is 13.1. The topological polar surface area (TPSA) is 120 Å². The van der Waals surface area contributed by atoms with E-state index in [2.05, 4.69) is 5.32 Å². The molecular formula is C25H32N2O8. The monoisotopic (exact) mass is 488 g/mol. The van der Waals surface area contributed by atoms with Crippen LogP contribution in [0.5, 0.6) is 0 Å². The van der Waals surface area contributed by atoms with E-state index < -0.39 is 35.5 Å². The van der Waals surface area contributed by atoms with E-state index in [1.807, 2.05) is 19.1 Å². The van der Waals surface area contributed by atoms with E-state index in [0.717, 1.165) is 34.0 Å². The summed E-state index contributed by atoms with van der Waals surface area (Å²) in [5.41, 5.74) is 0.210. The van der Waals surface area contributed by atoms with Gasteiger partial charge in [0.25, 0.3) is 0 Å². The minimum absolute atomic E-state index is 0.0335. The number of hydrogen-bond acceptors (Lipinski definition) is 10. The van der Waals surface area contributed by atoms with Crippen molar-refractivity contribution in [3.05, 3.63) is 57.9 Å². The van der Waals surface area contributed by atoms with E-state index in [0.29, 0.717) is 5.56 Å². The Hall–Kier alpha value is -3.82. The molecule has 1 unspecified atom stereocenters. The Morgan fingerprint density at radius 2 is 1.40 bits per heavy atom. The van der Waals surface area contributed by atoms with Crippen molar-refractivity contribution in [3.63, 3.8) is 0 Å².